The van der Waals surface area contributed by atoms with E-state index in [2.05, 4.69) is 30.5 Å². The van der Waals surface area contributed by atoms with Crippen LogP contribution >= 0.6 is 11.3 Å². The van der Waals surface area contributed by atoms with Crippen molar-refractivity contribution in [1.29, 1.82) is 0 Å². The van der Waals surface area contributed by atoms with E-state index in [0.29, 0.717) is 0 Å². The van der Waals surface area contributed by atoms with Crippen molar-refractivity contribution in [3.63, 3.8) is 0 Å². The Bertz CT molecular complexity index is 654. The van der Waals surface area contributed by atoms with E-state index in [1.807, 2.05) is 17.5 Å². The fourth-order valence-electron chi connectivity index (χ4n) is 1.71. The molecule has 0 unspecified atom stereocenters. The van der Waals surface area contributed by atoms with Crippen LogP contribution in [0.2, 0.25) is 0 Å². The third-order valence-electron chi connectivity index (χ3n) is 2.96. The zero-order chi connectivity index (χ0) is 14.8. The van der Waals surface area contributed by atoms with E-state index < -0.39 is 10.0 Å². The normalized spacial score (nSPS) is 12.6. The lowest BCUT2D eigenvalue weighted by Gasteiger charge is -2.19. The molecule has 0 aliphatic rings. The predicted molar refractivity (Wildman–Crippen MR) is 81.3 cm³/mol. The number of rotatable bonds is 4. The molecule has 2 aromatic rings. The lowest BCUT2D eigenvalue weighted by molar-refractivity contribution is 0.577. The Morgan fingerprint density at radius 3 is 2.35 bits per heavy atom. The summed E-state index contributed by atoms with van der Waals surface area (Å²) >= 11 is 1.44. The number of benzene rings is 1. The van der Waals surface area contributed by atoms with Gasteiger partial charge in [0.1, 0.15) is 0 Å². The average molecular weight is 310 g/mol. The van der Waals surface area contributed by atoms with Gasteiger partial charge in [-0.1, -0.05) is 32.9 Å². The van der Waals surface area contributed by atoms with Crippen LogP contribution in [0, 0.1) is 0 Å². The Hall–Kier alpha value is -1.24. The van der Waals surface area contributed by atoms with Crippen LogP contribution in [0.3, 0.4) is 0 Å². The first-order valence-corrected chi connectivity index (χ1v) is 8.69. The minimum atomic E-state index is -3.48. The molecule has 0 saturated carbocycles. The minimum Gasteiger partial charge on any atom is -0.248 e. The van der Waals surface area contributed by atoms with Gasteiger partial charge >= 0.3 is 0 Å². The van der Waals surface area contributed by atoms with Gasteiger partial charge in [-0.25, -0.2) is 18.1 Å². The Labute approximate surface area is 123 Å². The number of hydrogen-bond acceptors (Lipinski definition) is 4. The molecule has 108 valence electrons. The van der Waals surface area contributed by atoms with Crippen molar-refractivity contribution in [3.05, 3.63) is 46.4 Å². The topological polar surface area (TPSA) is 59.1 Å². The Balaban J connectivity index is 2.13. The summed E-state index contributed by atoms with van der Waals surface area (Å²) in [6, 6.07) is 7.00. The van der Waals surface area contributed by atoms with Crippen LogP contribution in [0.4, 0.5) is 0 Å². The highest BCUT2D eigenvalue weighted by molar-refractivity contribution is 7.89. The van der Waals surface area contributed by atoms with Crippen molar-refractivity contribution >= 4 is 21.4 Å². The standard InChI is InChI=1S/C14H18N2O2S2/c1-14(2,3)11-4-6-13(7-5-11)20(17,18)16-8-12-9-19-10-15-12/h4-7,9-10,16H,8H2,1-3H3. The molecule has 1 heterocycles. The Kier molecular flexibility index (Phi) is 4.27. The number of aromatic nitrogens is 1. The highest BCUT2D eigenvalue weighted by Gasteiger charge is 2.17. The van der Waals surface area contributed by atoms with Crippen molar-refractivity contribution < 1.29 is 8.42 Å². The number of nitrogens with zero attached hydrogens (tertiary/aromatic N) is 1. The molecule has 0 amide bonds. The molecule has 1 aromatic carbocycles. The molecule has 0 radical (unpaired) electrons. The minimum absolute atomic E-state index is 0.0102. The predicted octanol–water partition coefficient (Wildman–Crippen LogP) is 2.92. The van der Waals surface area contributed by atoms with Crippen molar-refractivity contribution in [2.24, 2.45) is 0 Å². The molecule has 0 atom stereocenters. The van der Waals surface area contributed by atoms with E-state index in [1.165, 1.54) is 11.3 Å². The molecule has 2 rings (SSSR count). The summed E-state index contributed by atoms with van der Waals surface area (Å²) in [5, 5.41) is 1.82. The molecule has 0 saturated heterocycles. The maximum Gasteiger partial charge on any atom is 0.240 e. The van der Waals surface area contributed by atoms with Crippen molar-refractivity contribution in [2.75, 3.05) is 0 Å². The van der Waals surface area contributed by atoms with E-state index >= 15 is 0 Å². The summed E-state index contributed by atoms with van der Waals surface area (Å²) in [6.07, 6.45) is 0. The summed E-state index contributed by atoms with van der Waals surface area (Å²) in [4.78, 5) is 4.33. The summed E-state index contributed by atoms with van der Waals surface area (Å²) in [5.41, 5.74) is 3.53. The molecular formula is C14H18N2O2S2. The molecule has 0 spiro atoms. The third-order valence-corrected chi connectivity index (χ3v) is 5.01. The lowest BCUT2D eigenvalue weighted by atomic mass is 9.87. The van der Waals surface area contributed by atoms with Gasteiger partial charge in [-0.3, -0.25) is 0 Å². The molecule has 0 aliphatic carbocycles. The van der Waals surface area contributed by atoms with E-state index in [4.69, 9.17) is 0 Å². The zero-order valence-corrected chi connectivity index (χ0v) is 13.4. The highest BCUT2D eigenvalue weighted by Crippen LogP contribution is 2.23. The number of hydrogen-bond donors (Lipinski definition) is 1. The summed E-state index contributed by atoms with van der Waals surface area (Å²) in [5.74, 6) is 0. The van der Waals surface area contributed by atoms with E-state index in [0.717, 1.165) is 11.3 Å². The average Bonchev–Trinajstić information content (AvgIpc) is 2.89. The van der Waals surface area contributed by atoms with Crippen LogP contribution in [0.15, 0.2) is 40.1 Å². The van der Waals surface area contributed by atoms with Crippen LogP contribution in [0.1, 0.15) is 32.0 Å². The summed E-state index contributed by atoms with van der Waals surface area (Å²) < 4.78 is 26.9. The molecule has 1 N–H and O–H groups in total. The molecule has 4 nitrogen and oxygen atoms in total. The fraction of sp³-hybridized carbons (Fsp3) is 0.357. The first-order valence-electron chi connectivity index (χ1n) is 6.26. The van der Waals surface area contributed by atoms with Gasteiger partial charge < -0.3 is 0 Å². The molecule has 1 aromatic heterocycles. The fourth-order valence-corrected chi connectivity index (χ4v) is 3.27. The maximum atomic E-state index is 12.2. The van der Waals surface area contributed by atoms with Crippen molar-refractivity contribution in [2.45, 2.75) is 37.6 Å². The van der Waals surface area contributed by atoms with E-state index in [9.17, 15) is 8.42 Å². The van der Waals surface area contributed by atoms with E-state index in [1.54, 1.807) is 17.6 Å². The second-order valence-electron chi connectivity index (χ2n) is 5.58. The maximum absolute atomic E-state index is 12.2. The summed E-state index contributed by atoms with van der Waals surface area (Å²) in [6.45, 7) is 6.50. The Morgan fingerprint density at radius 2 is 1.85 bits per heavy atom. The number of thiazole rings is 1. The van der Waals surface area contributed by atoms with Gasteiger partial charge in [-0.15, -0.1) is 11.3 Å². The molecule has 20 heavy (non-hydrogen) atoms. The first kappa shape index (κ1) is 15.2. The second-order valence-corrected chi connectivity index (χ2v) is 8.06. The van der Waals surface area contributed by atoms with Crippen molar-refractivity contribution in [3.8, 4) is 0 Å². The molecular weight excluding hydrogens is 292 g/mol. The highest BCUT2D eigenvalue weighted by atomic mass is 32.2. The third kappa shape index (κ3) is 3.65. The van der Waals surface area contributed by atoms with Crippen LogP contribution in [-0.2, 0) is 22.0 Å². The van der Waals surface area contributed by atoms with Crippen molar-refractivity contribution in [1.82, 2.24) is 9.71 Å². The lowest BCUT2D eigenvalue weighted by Crippen LogP contribution is -2.23. The quantitative estimate of drug-likeness (QED) is 0.944. The Morgan fingerprint density at radius 1 is 1.20 bits per heavy atom. The largest absolute Gasteiger partial charge is 0.248 e. The van der Waals surface area contributed by atoms with Gasteiger partial charge in [-0.2, -0.15) is 0 Å². The molecule has 0 aliphatic heterocycles. The second kappa shape index (κ2) is 5.63. The monoisotopic (exact) mass is 310 g/mol. The first-order chi connectivity index (χ1) is 9.29. The van der Waals surface area contributed by atoms with Gasteiger partial charge in [0, 0.05) is 5.38 Å². The van der Waals surface area contributed by atoms with Gasteiger partial charge in [0.25, 0.3) is 0 Å². The molecule has 6 heteroatoms. The SMILES string of the molecule is CC(C)(C)c1ccc(S(=O)(=O)NCc2cscn2)cc1. The van der Waals surface area contributed by atoms with Crippen LogP contribution < -0.4 is 4.72 Å². The van der Waals surface area contributed by atoms with Crippen LogP contribution in [0.25, 0.3) is 0 Å². The zero-order valence-electron chi connectivity index (χ0n) is 11.8. The smallest absolute Gasteiger partial charge is 0.240 e. The molecule has 0 fully saturated rings. The van der Waals surface area contributed by atoms with Crippen LogP contribution in [-0.4, -0.2) is 13.4 Å². The summed E-state index contributed by atoms with van der Waals surface area (Å²) in [7, 11) is -3.48. The number of nitrogens with one attached hydrogen (secondary N) is 1. The van der Waals surface area contributed by atoms with Gasteiger partial charge in [0.2, 0.25) is 10.0 Å². The van der Waals surface area contributed by atoms with Crippen LogP contribution in [0.5, 0.6) is 0 Å². The van der Waals surface area contributed by atoms with Gasteiger partial charge in [0.05, 0.1) is 22.6 Å². The van der Waals surface area contributed by atoms with Gasteiger partial charge in [-0.05, 0) is 23.1 Å². The molecule has 0 bridgehead atoms. The van der Waals surface area contributed by atoms with Gasteiger partial charge in [0.15, 0.2) is 0 Å². The van der Waals surface area contributed by atoms with E-state index in [-0.39, 0.29) is 16.9 Å². The number of sulfonamides is 1.